The Labute approximate surface area is 106 Å². The predicted octanol–water partition coefficient (Wildman–Crippen LogP) is 1.64. The Balaban J connectivity index is 1.92. The van der Waals surface area contributed by atoms with E-state index in [1.54, 1.807) is 0 Å². The van der Waals surface area contributed by atoms with Gasteiger partial charge in [-0.1, -0.05) is 19.3 Å². The maximum Gasteiger partial charge on any atom is 0.177 e. The SMILES string of the molecule is Cc1ccc2nnc(CC3(N)CCCCC3)n2n1. The molecule has 5 heteroatoms. The van der Waals surface area contributed by atoms with Gasteiger partial charge in [0.1, 0.15) is 0 Å². The third kappa shape index (κ3) is 2.10. The van der Waals surface area contributed by atoms with E-state index in [0.717, 1.165) is 36.4 Å². The molecule has 0 amide bonds. The maximum absolute atomic E-state index is 6.47. The summed E-state index contributed by atoms with van der Waals surface area (Å²) in [6, 6.07) is 3.90. The van der Waals surface area contributed by atoms with Gasteiger partial charge >= 0.3 is 0 Å². The predicted molar refractivity (Wildman–Crippen MR) is 69.2 cm³/mol. The van der Waals surface area contributed by atoms with Gasteiger partial charge < -0.3 is 5.73 Å². The third-order valence-corrected chi connectivity index (χ3v) is 3.82. The van der Waals surface area contributed by atoms with Crippen molar-refractivity contribution in [3.63, 3.8) is 0 Å². The second kappa shape index (κ2) is 4.31. The summed E-state index contributed by atoms with van der Waals surface area (Å²) in [4.78, 5) is 0. The Hall–Kier alpha value is -1.49. The Kier molecular flexibility index (Phi) is 2.78. The summed E-state index contributed by atoms with van der Waals surface area (Å²) in [6.45, 7) is 1.97. The lowest BCUT2D eigenvalue weighted by Crippen LogP contribution is -2.44. The van der Waals surface area contributed by atoms with Crippen LogP contribution in [-0.2, 0) is 6.42 Å². The Morgan fingerprint density at radius 2 is 2.00 bits per heavy atom. The number of nitrogens with zero attached hydrogens (tertiary/aromatic N) is 4. The molecule has 2 aromatic heterocycles. The van der Waals surface area contributed by atoms with Crippen molar-refractivity contribution in [2.75, 3.05) is 0 Å². The second-order valence-electron chi connectivity index (χ2n) is 5.46. The van der Waals surface area contributed by atoms with Crippen molar-refractivity contribution < 1.29 is 0 Å². The zero-order chi connectivity index (χ0) is 12.6. The van der Waals surface area contributed by atoms with Crippen molar-refractivity contribution in [1.29, 1.82) is 0 Å². The van der Waals surface area contributed by atoms with Crippen molar-refractivity contribution in [2.45, 2.75) is 51.0 Å². The van der Waals surface area contributed by atoms with E-state index in [-0.39, 0.29) is 5.54 Å². The number of aromatic nitrogens is 4. The smallest absolute Gasteiger partial charge is 0.177 e. The highest BCUT2D eigenvalue weighted by molar-refractivity contribution is 5.36. The van der Waals surface area contributed by atoms with Crippen molar-refractivity contribution >= 4 is 5.65 Å². The van der Waals surface area contributed by atoms with Crippen LogP contribution in [0.4, 0.5) is 0 Å². The summed E-state index contributed by atoms with van der Waals surface area (Å²) in [7, 11) is 0. The highest BCUT2D eigenvalue weighted by atomic mass is 15.4. The van der Waals surface area contributed by atoms with Crippen LogP contribution in [0, 0.1) is 6.92 Å². The first-order valence-corrected chi connectivity index (χ1v) is 6.63. The number of aryl methyl sites for hydroxylation is 1. The molecule has 0 aliphatic heterocycles. The Morgan fingerprint density at radius 1 is 1.22 bits per heavy atom. The van der Waals surface area contributed by atoms with Gasteiger partial charge in [0.05, 0.1) is 5.69 Å². The van der Waals surface area contributed by atoms with Gasteiger partial charge in [0.15, 0.2) is 11.5 Å². The third-order valence-electron chi connectivity index (χ3n) is 3.82. The van der Waals surface area contributed by atoms with E-state index in [1.807, 2.05) is 23.6 Å². The minimum Gasteiger partial charge on any atom is -0.325 e. The van der Waals surface area contributed by atoms with Crippen LogP contribution in [0.15, 0.2) is 12.1 Å². The average molecular weight is 245 g/mol. The van der Waals surface area contributed by atoms with E-state index in [9.17, 15) is 0 Å². The molecule has 1 fully saturated rings. The first-order chi connectivity index (χ1) is 8.66. The second-order valence-corrected chi connectivity index (χ2v) is 5.46. The van der Waals surface area contributed by atoms with Crippen LogP contribution >= 0.6 is 0 Å². The molecule has 0 radical (unpaired) electrons. The van der Waals surface area contributed by atoms with Gasteiger partial charge in [-0.2, -0.15) is 9.61 Å². The summed E-state index contributed by atoms with van der Waals surface area (Å²) in [6.07, 6.45) is 6.67. The fraction of sp³-hybridized carbons (Fsp3) is 0.615. The highest BCUT2D eigenvalue weighted by Crippen LogP contribution is 2.28. The van der Waals surface area contributed by atoms with E-state index in [2.05, 4.69) is 15.3 Å². The van der Waals surface area contributed by atoms with Crippen molar-refractivity contribution in [1.82, 2.24) is 19.8 Å². The molecule has 0 aromatic carbocycles. The molecular weight excluding hydrogens is 226 g/mol. The number of hydrogen-bond acceptors (Lipinski definition) is 4. The molecule has 1 aliphatic carbocycles. The van der Waals surface area contributed by atoms with Gasteiger partial charge in [-0.15, -0.1) is 10.2 Å². The van der Waals surface area contributed by atoms with Crippen LogP contribution < -0.4 is 5.73 Å². The fourth-order valence-electron chi connectivity index (χ4n) is 2.78. The molecule has 0 saturated heterocycles. The number of fused-ring (bicyclic) bond motifs is 1. The molecule has 3 rings (SSSR count). The lowest BCUT2D eigenvalue weighted by Gasteiger charge is -2.32. The summed E-state index contributed by atoms with van der Waals surface area (Å²) >= 11 is 0. The molecule has 1 aliphatic rings. The van der Waals surface area contributed by atoms with Crippen LogP contribution in [-0.4, -0.2) is 25.4 Å². The van der Waals surface area contributed by atoms with Crippen LogP contribution in [0.3, 0.4) is 0 Å². The monoisotopic (exact) mass is 245 g/mol. The van der Waals surface area contributed by atoms with Crippen LogP contribution in [0.5, 0.6) is 0 Å². The van der Waals surface area contributed by atoms with Gasteiger partial charge in [0.25, 0.3) is 0 Å². The zero-order valence-corrected chi connectivity index (χ0v) is 10.8. The minimum atomic E-state index is -0.118. The summed E-state index contributed by atoms with van der Waals surface area (Å²) in [5.41, 5.74) is 8.12. The molecule has 2 N–H and O–H groups in total. The molecule has 5 nitrogen and oxygen atoms in total. The normalized spacial score (nSPS) is 19.2. The lowest BCUT2D eigenvalue weighted by molar-refractivity contribution is 0.288. The summed E-state index contributed by atoms with van der Waals surface area (Å²) in [5.74, 6) is 0.887. The largest absolute Gasteiger partial charge is 0.325 e. The van der Waals surface area contributed by atoms with Gasteiger partial charge in [-0.25, -0.2) is 0 Å². The lowest BCUT2D eigenvalue weighted by atomic mass is 9.80. The zero-order valence-electron chi connectivity index (χ0n) is 10.8. The first-order valence-electron chi connectivity index (χ1n) is 6.63. The number of nitrogens with two attached hydrogens (primary N) is 1. The van der Waals surface area contributed by atoms with Gasteiger partial charge in [0, 0.05) is 12.0 Å². The molecule has 96 valence electrons. The van der Waals surface area contributed by atoms with Crippen LogP contribution in [0.1, 0.15) is 43.6 Å². The molecule has 1 saturated carbocycles. The molecule has 18 heavy (non-hydrogen) atoms. The van der Waals surface area contributed by atoms with Gasteiger partial charge in [-0.05, 0) is 31.9 Å². The van der Waals surface area contributed by atoms with Crippen LogP contribution in [0.2, 0.25) is 0 Å². The molecule has 0 unspecified atom stereocenters. The topological polar surface area (TPSA) is 69.1 Å². The first kappa shape index (κ1) is 11.6. The summed E-state index contributed by atoms with van der Waals surface area (Å²) < 4.78 is 1.83. The number of hydrogen-bond donors (Lipinski definition) is 1. The number of rotatable bonds is 2. The fourth-order valence-corrected chi connectivity index (χ4v) is 2.78. The van der Waals surface area contributed by atoms with E-state index in [1.165, 1.54) is 19.3 Å². The quantitative estimate of drug-likeness (QED) is 0.873. The summed E-state index contributed by atoms with van der Waals surface area (Å²) in [5, 5.41) is 12.9. The molecule has 0 atom stereocenters. The van der Waals surface area contributed by atoms with E-state index >= 15 is 0 Å². The van der Waals surface area contributed by atoms with Gasteiger partial charge in [0.2, 0.25) is 0 Å². The highest BCUT2D eigenvalue weighted by Gasteiger charge is 2.29. The Bertz CT molecular complexity index is 554. The van der Waals surface area contributed by atoms with Crippen LogP contribution in [0.25, 0.3) is 5.65 Å². The Morgan fingerprint density at radius 3 is 2.78 bits per heavy atom. The van der Waals surface area contributed by atoms with Gasteiger partial charge in [-0.3, -0.25) is 0 Å². The molecule has 2 heterocycles. The van der Waals surface area contributed by atoms with E-state index in [0.29, 0.717) is 0 Å². The van der Waals surface area contributed by atoms with Crippen molar-refractivity contribution in [3.05, 3.63) is 23.7 Å². The average Bonchev–Trinajstić information content (AvgIpc) is 2.72. The van der Waals surface area contributed by atoms with E-state index in [4.69, 9.17) is 5.73 Å². The molecule has 0 bridgehead atoms. The van der Waals surface area contributed by atoms with E-state index < -0.39 is 0 Å². The molecular formula is C13H19N5. The molecule has 0 spiro atoms. The standard InChI is InChI=1S/C13H19N5/c1-10-5-6-11-15-16-12(18(11)17-10)9-13(14)7-3-2-4-8-13/h5-6H,2-4,7-9,14H2,1H3. The maximum atomic E-state index is 6.47. The molecule has 2 aromatic rings. The minimum absolute atomic E-state index is 0.118. The van der Waals surface area contributed by atoms with Crippen molar-refractivity contribution in [2.24, 2.45) is 5.73 Å². The van der Waals surface area contributed by atoms with Crippen molar-refractivity contribution in [3.8, 4) is 0 Å².